The highest BCUT2D eigenvalue weighted by molar-refractivity contribution is 7.07. The Kier molecular flexibility index (Phi) is 5.04. The Balaban J connectivity index is 1.98. The fourth-order valence-electron chi connectivity index (χ4n) is 2.96. The van der Waals surface area contributed by atoms with Gasteiger partial charge in [0.1, 0.15) is 0 Å². The third-order valence-electron chi connectivity index (χ3n) is 4.26. The number of nitrogens with zero attached hydrogens (tertiary/aromatic N) is 1. The van der Waals surface area contributed by atoms with Gasteiger partial charge in [0.25, 0.3) is 0 Å². The molecule has 19 heavy (non-hydrogen) atoms. The molecule has 2 unspecified atom stereocenters. The minimum Gasteiger partial charge on any atom is -0.311 e. The van der Waals surface area contributed by atoms with Crippen LogP contribution < -0.4 is 5.32 Å². The van der Waals surface area contributed by atoms with Crippen LogP contribution in [0.25, 0.3) is 0 Å². The highest BCUT2D eigenvalue weighted by Crippen LogP contribution is 2.27. The molecule has 0 amide bonds. The average molecular weight is 280 g/mol. The monoisotopic (exact) mass is 280 g/mol. The molecule has 1 fully saturated rings. The summed E-state index contributed by atoms with van der Waals surface area (Å²) in [6.45, 7) is 12.9. The number of nitrogens with one attached hydrogen (secondary N) is 1. The quantitative estimate of drug-likeness (QED) is 0.909. The number of thiophene rings is 1. The van der Waals surface area contributed by atoms with Gasteiger partial charge in [-0.15, -0.1) is 0 Å². The molecule has 1 aliphatic heterocycles. The predicted molar refractivity (Wildman–Crippen MR) is 84.9 cm³/mol. The Hall–Kier alpha value is -0.380. The molecule has 0 bridgehead atoms. The van der Waals surface area contributed by atoms with E-state index in [1.807, 2.05) is 0 Å². The van der Waals surface area contributed by atoms with E-state index in [1.165, 1.54) is 31.5 Å². The summed E-state index contributed by atoms with van der Waals surface area (Å²) in [5.41, 5.74) is 1.84. The highest BCUT2D eigenvalue weighted by Gasteiger charge is 2.34. The number of hydrogen-bond donors (Lipinski definition) is 1. The molecule has 3 heteroatoms. The molecule has 2 atom stereocenters. The lowest BCUT2D eigenvalue weighted by molar-refractivity contribution is 0.0559. The maximum atomic E-state index is 3.71. The maximum Gasteiger partial charge on any atom is 0.0269 e. The van der Waals surface area contributed by atoms with Crippen molar-refractivity contribution in [3.05, 3.63) is 22.4 Å². The lowest BCUT2D eigenvalue weighted by Gasteiger charge is -2.46. The molecule has 0 aromatic carbocycles. The number of rotatable bonds is 4. The number of piperazine rings is 1. The van der Waals surface area contributed by atoms with Crippen LogP contribution in [0, 0.1) is 5.41 Å². The Morgan fingerprint density at radius 3 is 2.79 bits per heavy atom. The zero-order valence-corrected chi connectivity index (χ0v) is 13.6. The van der Waals surface area contributed by atoms with Crippen molar-refractivity contribution in [1.82, 2.24) is 10.2 Å². The van der Waals surface area contributed by atoms with Crippen molar-refractivity contribution < 1.29 is 0 Å². The largest absolute Gasteiger partial charge is 0.311 e. The van der Waals surface area contributed by atoms with Crippen LogP contribution in [0.1, 0.15) is 39.7 Å². The summed E-state index contributed by atoms with van der Waals surface area (Å²) >= 11 is 1.81. The van der Waals surface area contributed by atoms with E-state index < -0.39 is 0 Å². The normalized spacial score (nSPS) is 25.7. The van der Waals surface area contributed by atoms with Crippen molar-refractivity contribution >= 4 is 11.3 Å². The summed E-state index contributed by atoms with van der Waals surface area (Å²) in [6.07, 6.45) is 2.42. The van der Waals surface area contributed by atoms with Crippen LogP contribution in [0.15, 0.2) is 16.8 Å². The third kappa shape index (κ3) is 4.04. The van der Waals surface area contributed by atoms with Gasteiger partial charge in [-0.3, -0.25) is 4.90 Å². The standard InChI is InChI=1S/C16H28N2S/c1-5-14-11-18(8-6-13-7-9-19-12-13)15(10-17-14)16(2,3)4/h7,9,12,14-15,17H,5-6,8,10-11H2,1-4H3. The second kappa shape index (κ2) is 6.38. The summed E-state index contributed by atoms with van der Waals surface area (Å²) < 4.78 is 0. The fraction of sp³-hybridized carbons (Fsp3) is 0.750. The average Bonchev–Trinajstić information content (AvgIpc) is 2.88. The zero-order chi connectivity index (χ0) is 13.9. The van der Waals surface area contributed by atoms with E-state index >= 15 is 0 Å². The van der Waals surface area contributed by atoms with Gasteiger partial charge in [-0.2, -0.15) is 11.3 Å². The molecule has 0 saturated carbocycles. The Labute approximate surface area is 122 Å². The van der Waals surface area contributed by atoms with E-state index in [-0.39, 0.29) is 0 Å². The van der Waals surface area contributed by atoms with Gasteiger partial charge in [-0.1, -0.05) is 27.7 Å². The molecule has 2 rings (SSSR count). The first-order valence-corrected chi connectivity index (χ1v) is 8.43. The molecule has 2 nitrogen and oxygen atoms in total. The van der Waals surface area contributed by atoms with Crippen LogP contribution in [0.4, 0.5) is 0 Å². The third-order valence-corrected chi connectivity index (χ3v) is 4.99. The van der Waals surface area contributed by atoms with E-state index in [4.69, 9.17) is 0 Å². The summed E-state index contributed by atoms with van der Waals surface area (Å²) in [5, 5.41) is 8.18. The van der Waals surface area contributed by atoms with E-state index in [0.717, 1.165) is 6.54 Å². The Morgan fingerprint density at radius 1 is 1.42 bits per heavy atom. The first-order chi connectivity index (χ1) is 9.00. The van der Waals surface area contributed by atoms with Gasteiger partial charge in [-0.25, -0.2) is 0 Å². The van der Waals surface area contributed by atoms with Crippen molar-refractivity contribution in [3.8, 4) is 0 Å². The fourth-order valence-corrected chi connectivity index (χ4v) is 3.67. The van der Waals surface area contributed by atoms with Gasteiger partial charge in [0.15, 0.2) is 0 Å². The minimum atomic E-state index is 0.348. The summed E-state index contributed by atoms with van der Waals surface area (Å²) in [4.78, 5) is 2.71. The molecule has 0 radical (unpaired) electrons. The van der Waals surface area contributed by atoms with E-state index in [9.17, 15) is 0 Å². The lowest BCUT2D eigenvalue weighted by Crippen LogP contribution is -2.60. The topological polar surface area (TPSA) is 15.3 Å². The van der Waals surface area contributed by atoms with E-state index in [1.54, 1.807) is 11.3 Å². The zero-order valence-electron chi connectivity index (χ0n) is 12.8. The van der Waals surface area contributed by atoms with Crippen molar-refractivity contribution in [3.63, 3.8) is 0 Å². The van der Waals surface area contributed by atoms with Gasteiger partial charge in [0, 0.05) is 31.7 Å². The Bertz CT molecular complexity index is 367. The van der Waals surface area contributed by atoms with Crippen LogP contribution in [-0.2, 0) is 6.42 Å². The highest BCUT2D eigenvalue weighted by atomic mass is 32.1. The first kappa shape index (κ1) is 15.0. The molecule has 2 heterocycles. The number of hydrogen-bond acceptors (Lipinski definition) is 3. The second-order valence-corrected chi connectivity index (χ2v) is 7.55. The maximum absolute atomic E-state index is 3.71. The van der Waals surface area contributed by atoms with E-state index in [0.29, 0.717) is 17.5 Å². The Morgan fingerprint density at radius 2 is 2.21 bits per heavy atom. The lowest BCUT2D eigenvalue weighted by atomic mass is 9.83. The smallest absolute Gasteiger partial charge is 0.0269 e. The van der Waals surface area contributed by atoms with E-state index in [2.05, 4.69) is 54.7 Å². The van der Waals surface area contributed by atoms with Crippen molar-refractivity contribution in [1.29, 1.82) is 0 Å². The minimum absolute atomic E-state index is 0.348. The molecule has 1 N–H and O–H groups in total. The summed E-state index contributed by atoms with van der Waals surface area (Å²) in [7, 11) is 0. The first-order valence-electron chi connectivity index (χ1n) is 7.49. The molecule has 1 aromatic rings. The second-order valence-electron chi connectivity index (χ2n) is 6.77. The molecule has 1 aromatic heterocycles. The van der Waals surface area contributed by atoms with Crippen molar-refractivity contribution in [2.75, 3.05) is 19.6 Å². The van der Waals surface area contributed by atoms with Gasteiger partial charge in [0.05, 0.1) is 0 Å². The molecule has 0 aliphatic carbocycles. The predicted octanol–water partition coefficient (Wildman–Crippen LogP) is 3.39. The van der Waals surface area contributed by atoms with Gasteiger partial charge in [-0.05, 0) is 40.6 Å². The molecule has 0 spiro atoms. The molecule has 1 aliphatic rings. The molecular weight excluding hydrogens is 252 g/mol. The summed E-state index contributed by atoms with van der Waals surface area (Å²) in [5.74, 6) is 0. The van der Waals surface area contributed by atoms with Crippen LogP contribution in [0.2, 0.25) is 0 Å². The van der Waals surface area contributed by atoms with Crippen molar-refractivity contribution in [2.24, 2.45) is 5.41 Å². The van der Waals surface area contributed by atoms with Gasteiger partial charge >= 0.3 is 0 Å². The van der Waals surface area contributed by atoms with Gasteiger partial charge in [0.2, 0.25) is 0 Å². The SMILES string of the molecule is CCC1CN(CCc2ccsc2)C(C(C)(C)C)CN1. The molecule has 108 valence electrons. The molecule has 1 saturated heterocycles. The van der Waals surface area contributed by atoms with Crippen LogP contribution in [-0.4, -0.2) is 36.6 Å². The van der Waals surface area contributed by atoms with Crippen molar-refractivity contribution in [2.45, 2.75) is 52.6 Å². The summed E-state index contributed by atoms with van der Waals surface area (Å²) in [6, 6.07) is 3.58. The van der Waals surface area contributed by atoms with Crippen LogP contribution >= 0.6 is 11.3 Å². The van der Waals surface area contributed by atoms with Crippen LogP contribution in [0.3, 0.4) is 0 Å². The molecular formula is C16H28N2S. The van der Waals surface area contributed by atoms with Crippen LogP contribution in [0.5, 0.6) is 0 Å². The van der Waals surface area contributed by atoms with Gasteiger partial charge < -0.3 is 5.32 Å².